The molecule has 1 fully saturated rings. The van der Waals surface area contributed by atoms with Gasteiger partial charge in [0.25, 0.3) is 0 Å². The lowest BCUT2D eigenvalue weighted by molar-refractivity contribution is 0.0320. The van der Waals surface area contributed by atoms with Crippen molar-refractivity contribution >= 4 is 6.29 Å². The number of carbonyl (C=O) groups excluding carboxylic acids is 1. The van der Waals surface area contributed by atoms with Gasteiger partial charge >= 0.3 is 0 Å². The minimum atomic E-state index is 0.559. The third-order valence-corrected chi connectivity index (χ3v) is 2.66. The van der Waals surface area contributed by atoms with E-state index in [1.807, 2.05) is 13.8 Å². The van der Waals surface area contributed by atoms with E-state index in [1.54, 1.807) is 12.1 Å². The molecule has 1 aromatic rings. The van der Waals surface area contributed by atoms with Gasteiger partial charge in [0.05, 0.1) is 13.2 Å². The van der Waals surface area contributed by atoms with E-state index >= 15 is 0 Å². The number of aromatic nitrogens is 1. The first kappa shape index (κ1) is 15.6. The molecule has 0 aromatic carbocycles. The standard InChI is InChI=1S/C12H16N2O3.C2H6/c15-10-11-1-2-12(13-9-11)17-8-5-14-3-6-16-7-4-14;1-2/h1-2,9-10H,3-8H2;1-2H3. The summed E-state index contributed by atoms with van der Waals surface area (Å²) < 4.78 is 10.8. The molecule has 1 aliphatic heterocycles. The molecule has 0 aliphatic carbocycles. The van der Waals surface area contributed by atoms with Crippen LogP contribution in [0.4, 0.5) is 0 Å². The van der Waals surface area contributed by atoms with Crippen LogP contribution in [0.15, 0.2) is 18.3 Å². The molecule has 5 heteroatoms. The number of aldehydes is 1. The van der Waals surface area contributed by atoms with Gasteiger partial charge in [-0.1, -0.05) is 13.8 Å². The maximum absolute atomic E-state index is 10.4. The Kier molecular flexibility index (Phi) is 7.77. The maximum Gasteiger partial charge on any atom is 0.213 e. The molecule has 1 saturated heterocycles. The molecule has 2 rings (SSSR count). The zero-order valence-electron chi connectivity index (χ0n) is 11.7. The van der Waals surface area contributed by atoms with E-state index in [1.165, 1.54) is 6.20 Å². The van der Waals surface area contributed by atoms with Crippen LogP contribution in [0.5, 0.6) is 5.88 Å². The molecule has 0 N–H and O–H groups in total. The van der Waals surface area contributed by atoms with Crippen molar-refractivity contribution < 1.29 is 14.3 Å². The second-order valence-corrected chi connectivity index (χ2v) is 3.85. The summed E-state index contributed by atoms with van der Waals surface area (Å²) >= 11 is 0. The second kappa shape index (κ2) is 9.47. The Balaban J connectivity index is 0.000000861. The number of hydrogen-bond acceptors (Lipinski definition) is 5. The van der Waals surface area contributed by atoms with Gasteiger partial charge in [0.1, 0.15) is 6.61 Å². The van der Waals surface area contributed by atoms with Crippen molar-refractivity contribution in [2.45, 2.75) is 13.8 Å². The van der Waals surface area contributed by atoms with Crippen LogP contribution in [0.1, 0.15) is 24.2 Å². The molecule has 1 aromatic heterocycles. The monoisotopic (exact) mass is 266 g/mol. The van der Waals surface area contributed by atoms with Crippen LogP contribution in [0.25, 0.3) is 0 Å². The van der Waals surface area contributed by atoms with E-state index in [9.17, 15) is 4.79 Å². The molecule has 1 aliphatic rings. The zero-order valence-corrected chi connectivity index (χ0v) is 11.7. The Morgan fingerprint density at radius 2 is 2.11 bits per heavy atom. The highest BCUT2D eigenvalue weighted by Crippen LogP contribution is 2.06. The lowest BCUT2D eigenvalue weighted by atomic mass is 10.3. The fourth-order valence-electron chi connectivity index (χ4n) is 1.65. The van der Waals surface area contributed by atoms with Crippen molar-refractivity contribution in [3.05, 3.63) is 23.9 Å². The fourth-order valence-corrected chi connectivity index (χ4v) is 1.65. The highest BCUT2D eigenvalue weighted by atomic mass is 16.5. The van der Waals surface area contributed by atoms with Gasteiger partial charge < -0.3 is 9.47 Å². The summed E-state index contributed by atoms with van der Waals surface area (Å²) in [5.74, 6) is 0.559. The minimum absolute atomic E-state index is 0.559. The molecule has 19 heavy (non-hydrogen) atoms. The van der Waals surface area contributed by atoms with Gasteiger partial charge in [-0.05, 0) is 6.07 Å². The maximum atomic E-state index is 10.4. The van der Waals surface area contributed by atoms with E-state index < -0.39 is 0 Å². The first-order chi connectivity index (χ1) is 9.38. The van der Waals surface area contributed by atoms with Crippen molar-refractivity contribution in [3.8, 4) is 5.88 Å². The minimum Gasteiger partial charge on any atom is -0.476 e. The number of hydrogen-bond donors (Lipinski definition) is 0. The highest BCUT2D eigenvalue weighted by Gasteiger charge is 2.09. The Hall–Kier alpha value is -1.46. The molecule has 0 saturated carbocycles. The summed E-state index contributed by atoms with van der Waals surface area (Å²) in [7, 11) is 0. The number of nitrogens with zero attached hydrogens (tertiary/aromatic N) is 2. The molecule has 106 valence electrons. The number of pyridine rings is 1. The van der Waals surface area contributed by atoms with Gasteiger partial charge in [0.15, 0.2) is 6.29 Å². The SMILES string of the molecule is CC.O=Cc1ccc(OCCN2CCOCC2)nc1. The van der Waals surface area contributed by atoms with Gasteiger partial charge in [0, 0.05) is 37.5 Å². The first-order valence-electron chi connectivity index (χ1n) is 6.72. The van der Waals surface area contributed by atoms with Crippen LogP contribution in [0.3, 0.4) is 0 Å². The number of carbonyl (C=O) groups is 1. The Bertz CT molecular complexity index is 348. The van der Waals surface area contributed by atoms with Crippen molar-refractivity contribution in [2.75, 3.05) is 39.5 Å². The summed E-state index contributed by atoms with van der Waals surface area (Å²) in [5.41, 5.74) is 0.561. The van der Waals surface area contributed by atoms with E-state index in [2.05, 4.69) is 9.88 Å². The van der Waals surface area contributed by atoms with Crippen LogP contribution < -0.4 is 4.74 Å². The summed E-state index contributed by atoms with van der Waals surface area (Å²) in [6.45, 7) is 8.99. The first-order valence-corrected chi connectivity index (χ1v) is 6.72. The molecule has 0 unspecified atom stereocenters. The Morgan fingerprint density at radius 1 is 1.37 bits per heavy atom. The molecule has 5 nitrogen and oxygen atoms in total. The van der Waals surface area contributed by atoms with Crippen molar-refractivity contribution in [1.29, 1.82) is 0 Å². The van der Waals surface area contributed by atoms with Crippen LogP contribution >= 0.6 is 0 Å². The largest absolute Gasteiger partial charge is 0.476 e. The van der Waals surface area contributed by atoms with Crippen molar-refractivity contribution in [2.24, 2.45) is 0 Å². The molecular formula is C14H22N2O3. The van der Waals surface area contributed by atoms with Gasteiger partial charge in [0.2, 0.25) is 5.88 Å². The molecule has 0 amide bonds. The van der Waals surface area contributed by atoms with Crippen LogP contribution in [-0.4, -0.2) is 55.6 Å². The summed E-state index contributed by atoms with van der Waals surface area (Å²) in [6, 6.07) is 3.41. The van der Waals surface area contributed by atoms with Crippen molar-refractivity contribution in [1.82, 2.24) is 9.88 Å². The smallest absolute Gasteiger partial charge is 0.213 e. The second-order valence-electron chi connectivity index (χ2n) is 3.85. The molecule has 2 heterocycles. The molecule has 0 bridgehead atoms. The highest BCUT2D eigenvalue weighted by molar-refractivity contribution is 5.73. The van der Waals surface area contributed by atoms with Gasteiger partial charge in [-0.3, -0.25) is 9.69 Å². The molecule has 0 spiro atoms. The Morgan fingerprint density at radius 3 is 2.68 bits per heavy atom. The number of rotatable bonds is 5. The average molecular weight is 266 g/mol. The summed E-state index contributed by atoms with van der Waals surface area (Å²) in [4.78, 5) is 16.8. The van der Waals surface area contributed by atoms with E-state index in [0.29, 0.717) is 18.1 Å². The molecule has 0 atom stereocenters. The van der Waals surface area contributed by atoms with E-state index in [-0.39, 0.29) is 0 Å². The topological polar surface area (TPSA) is 51.7 Å². The normalized spacial score (nSPS) is 15.3. The fraction of sp³-hybridized carbons (Fsp3) is 0.571. The van der Waals surface area contributed by atoms with Gasteiger partial charge in [-0.25, -0.2) is 4.98 Å². The summed E-state index contributed by atoms with van der Waals surface area (Å²) in [5, 5.41) is 0. The predicted molar refractivity (Wildman–Crippen MR) is 73.7 cm³/mol. The Labute approximate surface area is 114 Å². The average Bonchev–Trinajstić information content (AvgIpc) is 2.51. The quantitative estimate of drug-likeness (QED) is 0.758. The zero-order chi connectivity index (χ0) is 13.9. The van der Waals surface area contributed by atoms with Gasteiger partial charge in [-0.2, -0.15) is 0 Å². The molecular weight excluding hydrogens is 244 g/mol. The van der Waals surface area contributed by atoms with Crippen LogP contribution in [-0.2, 0) is 4.74 Å². The van der Waals surface area contributed by atoms with Gasteiger partial charge in [-0.15, -0.1) is 0 Å². The predicted octanol–water partition coefficient (Wildman–Crippen LogP) is 1.63. The van der Waals surface area contributed by atoms with Crippen molar-refractivity contribution in [3.63, 3.8) is 0 Å². The van der Waals surface area contributed by atoms with E-state index in [0.717, 1.165) is 39.1 Å². The summed E-state index contributed by atoms with van der Waals surface area (Å²) in [6.07, 6.45) is 2.28. The lowest BCUT2D eigenvalue weighted by Gasteiger charge is -2.26. The van der Waals surface area contributed by atoms with Crippen LogP contribution in [0.2, 0.25) is 0 Å². The number of ether oxygens (including phenoxy) is 2. The third-order valence-electron chi connectivity index (χ3n) is 2.66. The molecule has 0 radical (unpaired) electrons. The third kappa shape index (κ3) is 5.81. The van der Waals surface area contributed by atoms with E-state index in [4.69, 9.17) is 9.47 Å². The lowest BCUT2D eigenvalue weighted by Crippen LogP contribution is -2.38. The number of morpholine rings is 1. The van der Waals surface area contributed by atoms with Crippen LogP contribution in [0, 0.1) is 0 Å².